The molecule has 0 heterocycles. The first-order valence-electron chi connectivity index (χ1n) is 6.46. The summed E-state index contributed by atoms with van der Waals surface area (Å²) in [6, 6.07) is 13.5. The van der Waals surface area contributed by atoms with Gasteiger partial charge < -0.3 is 10.1 Å². The van der Waals surface area contributed by atoms with Crippen molar-refractivity contribution in [2.45, 2.75) is 17.1 Å². The van der Waals surface area contributed by atoms with Gasteiger partial charge in [-0.3, -0.25) is 4.79 Å². The molecule has 0 aliphatic heterocycles. The minimum absolute atomic E-state index is 0.184. The fraction of sp³-hybridized carbons (Fsp3) is 0.188. The molecule has 2 rings (SSSR count). The summed E-state index contributed by atoms with van der Waals surface area (Å²) in [4.78, 5) is 12.6. The van der Waals surface area contributed by atoms with E-state index in [0.717, 1.165) is 0 Å². The van der Waals surface area contributed by atoms with E-state index in [9.17, 15) is 9.18 Å². The molecule has 3 nitrogen and oxygen atoms in total. The summed E-state index contributed by atoms with van der Waals surface area (Å²) < 4.78 is 18.7. The van der Waals surface area contributed by atoms with Gasteiger partial charge in [-0.25, -0.2) is 4.39 Å². The molecule has 0 aromatic heterocycles. The summed E-state index contributed by atoms with van der Waals surface area (Å²) in [5.74, 6) is 0.169. The van der Waals surface area contributed by atoms with Crippen molar-refractivity contribution in [3.63, 3.8) is 0 Å². The van der Waals surface area contributed by atoms with Gasteiger partial charge in [-0.05, 0) is 31.2 Å². The molecular weight excluding hydrogens is 289 g/mol. The Morgan fingerprint density at radius 3 is 2.71 bits per heavy atom. The molecule has 1 amide bonds. The molecule has 21 heavy (non-hydrogen) atoms. The second-order valence-electron chi connectivity index (χ2n) is 4.41. The molecule has 2 aromatic carbocycles. The lowest BCUT2D eigenvalue weighted by Gasteiger charge is -2.13. The van der Waals surface area contributed by atoms with Crippen molar-refractivity contribution in [3.8, 4) is 5.75 Å². The lowest BCUT2D eigenvalue weighted by atomic mass is 10.3. The van der Waals surface area contributed by atoms with E-state index in [4.69, 9.17) is 4.74 Å². The molecule has 1 atom stereocenters. The highest BCUT2D eigenvalue weighted by atomic mass is 32.2. The first-order valence-corrected chi connectivity index (χ1v) is 7.34. The van der Waals surface area contributed by atoms with Crippen LogP contribution in [0.2, 0.25) is 0 Å². The topological polar surface area (TPSA) is 38.3 Å². The highest BCUT2D eigenvalue weighted by Gasteiger charge is 2.16. The third-order valence-electron chi connectivity index (χ3n) is 2.85. The molecule has 0 saturated heterocycles. The number of halogens is 1. The van der Waals surface area contributed by atoms with Gasteiger partial charge in [-0.15, -0.1) is 11.8 Å². The number of nitrogens with one attached hydrogen (secondary N) is 1. The van der Waals surface area contributed by atoms with Gasteiger partial charge in [0.1, 0.15) is 11.6 Å². The number of methoxy groups -OCH3 is 1. The third-order valence-corrected chi connectivity index (χ3v) is 4.00. The van der Waals surface area contributed by atoms with Gasteiger partial charge >= 0.3 is 0 Å². The molecule has 2 aromatic rings. The van der Waals surface area contributed by atoms with Gasteiger partial charge in [-0.2, -0.15) is 0 Å². The highest BCUT2D eigenvalue weighted by molar-refractivity contribution is 8.00. The van der Waals surface area contributed by atoms with E-state index in [2.05, 4.69) is 5.32 Å². The second-order valence-corrected chi connectivity index (χ2v) is 5.79. The number of ether oxygens (including phenoxy) is 1. The van der Waals surface area contributed by atoms with Crippen LogP contribution in [0.5, 0.6) is 5.75 Å². The first-order chi connectivity index (χ1) is 10.1. The molecule has 5 heteroatoms. The number of anilines is 1. The van der Waals surface area contributed by atoms with Gasteiger partial charge in [0.2, 0.25) is 5.91 Å². The monoisotopic (exact) mass is 305 g/mol. The van der Waals surface area contributed by atoms with Crippen LogP contribution in [0.1, 0.15) is 6.92 Å². The van der Waals surface area contributed by atoms with E-state index < -0.39 is 5.25 Å². The Kier molecular flexibility index (Phi) is 5.22. The second kappa shape index (κ2) is 7.13. The Morgan fingerprint density at radius 1 is 1.24 bits per heavy atom. The first kappa shape index (κ1) is 15.4. The van der Waals surface area contributed by atoms with Crippen molar-refractivity contribution in [2.75, 3.05) is 12.4 Å². The van der Waals surface area contributed by atoms with Gasteiger partial charge in [-0.1, -0.05) is 18.2 Å². The largest absolute Gasteiger partial charge is 0.497 e. The maximum atomic E-state index is 13.6. The molecular formula is C16H16FNO2S. The molecule has 0 unspecified atom stereocenters. The Balaban J connectivity index is 2.01. The van der Waals surface area contributed by atoms with E-state index in [1.807, 2.05) is 0 Å². The number of amides is 1. The average molecular weight is 305 g/mol. The van der Waals surface area contributed by atoms with Crippen LogP contribution in [0.3, 0.4) is 0 Å². The van der Waals surface area contributed by atoms with Crippen molar-refractivity contribution in [2.24, 2.45) is 0 Å². The van der Waals surface area contributed by atoms with Gasteiger partial charge in [0.25, 0.3) is 0 Å². The average Bonchev–Trinajstić information content (AvgIpc) is 2.49. The molecule has 1 N–H and O–H groups in total. The molecule has 110 valence electrons. The fourth-order valence-corrected chi connectivity index (χ4v) is 2.61. The summed E-state index contributed by atoms with van der Waals surface area (Å²) in [6.07, 6.45) is 0. The van der Waals surface area contributed by atoms with Crippen LogP contribution in [0.4, 0.5) is 10.1 Å². The maximum absolute atomic E-state index is 13.6. The molecule has 0 spiro atoms. The van der Waals surface area contributed by atoms with E-state index in [0.29, 0.717) is 16.3 Å². The van der Waals surface area contributed by atoms with Crippen molar-refractivity contribution < 1.29 is 13.9 Å². The van der Waals surface area contributed by atoms with Crippen molar-refractivity contribution in [1.29, 1.82) is 0 Å². The molecule has 0 fully saturated rings. The van der Waals surface area contributed by atoms with E-state index in [1.54, 1.807) is 56.5 Å². The quantitative estimate of drug-likeness (QED) is 0.850. The van der Waals surface area contributed by atoms with E-state index in [-0.39, 0.29) is 11.7 Å². The summed E-state index contributed by atoms with van der Waals surface area (Å²) in [5.41, 5.74) is 0.653. The summed E-state index contributed by atoms with van der Waals surface area (Å²) in [7, 11) is 1.57. The molecule has 0 bridgehead atoms. The van der Waals surface area contributed by atoms with Crippen molar-refractivity contribution >= 4 is 23.4 Å². The summed E-state index contributed by atoms with van der Waals surface area (Å²) >= 11 is 1.19. The number of hydrogen-bond donors (Lipinski definition) is 1. The smallest absolute Gasteiger partial charge is 0.237 e. The zero-order valence-electron chi connectivity index (χ0n) is 11.8. The number of hydrogen-bond acceptors (Lipinski definition) is 3. The number of benzene rings is 2. The SMILES string of the molecule is COc1cccc(NC(=O)[C@@H](C)Sc2ccccc2F)c1. The standard InChI is InChI=1S/C16H16FNO2S/c1-11(21-15-9-4-3-8-14(15)17)16(19)18-12-6-5-7-13(10-12)20-2/h3-11H,1-2H3,(H,18,19)/t11-/m1/s1. The van der Waals surface area contributed by atoms with Crippen LogP contribution in [0.25, 0.3) is 0 Å². The van der Waals surface area contributed by atoms with Gasteiger partial charge in [0.05, 0.1) is 12.4 Å². The van der Waals surface area contributed by atoms with Crippen LogP contribution >= 0.6 is 11.8 Å². The molecule has 0 saturated carbocycles. The highest BCUT2D eigenvalue weighted by Crippen LogP contribution is 2.27. The van der Waals surface area contributed by atoms with Crippen LogP contribution in [0, 0.1) is 5.82 Å². The molecule has 0 aliphatic carbocycles. The van der Waals surface area contributed by atoms with E-state index in [1.165, 1.54) is 17.8 Å². The minimum atomic E-state index is -0.409. The summed E-state index contributed by atoms with van der Waals surface area (Å²) in [6.45, 7) is 1.74. The Hall–Kier alpha value is -2.01. The summed E-state index contributed by atoms with van der Waals surface area (Å²) in [5, 5.41) is 2.38. The third kappa shape index (κ3) is 4.23. The van der Waals surface area contributed by atoms with E-state index >= 15 is 0 Å². The van der Waals surface area contributed by atoms with Crippen LogP contribution < -0.4 is 10.1 Å². The van der Waals surface area contributed by atoms with Crippen LogP contribution in [-0.4, -0.2) is 18.3 Å². The van der Waals surface area contributed by atoms with Crippen molar-refractivity contribution in [1.82, 2.24) is 0 Å². The lowest BCUT2D eigenvalue weighted by molar-refractivity contribution is -0.115. The molecule has 0 radical (unpaired) electrons. The minimum Gasteiger partial charge on any atom is -0.497 e. The normalized spacial score (nSPS) is 11.8. The fourth-order valence-electron chi connectivity index (χ4n) is 1.73. The van der Waals surface area contributed by atoms with Gasteiger partial charge in [0, 0.05) is 16.6 Å². The van der Waals surface area contributed by atoms with Crippen LogP contribution in [-0.2, 0) is 4.79 Å². The number of carbonyl (C=O) groups excluding carboxylic acids is 1. The zero-order valence-corrected chi connectivity index (χ0v) is 12.6. The van der Waals surface area contributed by atoms with Crippen molar-refractivity contribution in [3.05, 3.63) is 54.3 Å². The zero-order chi connectivity index (χ0) is 15.2. The Morgan fingerprint density at radius 2 is 2.00 bits per heavy atom. The Labute approximate surface area is 127 Å². The van der Waals surface area contributed by atoms with Crippen LogP contribution in [0.15, 0.2) is 53.4 Å². The number of rotatable bonds is 5. The predicted molar refractivity (Wildman–Crippen MR) is 83.3 cm³/mol. The number of carbonyl (C=O) groups is 1. The van der Waals surface area contributed by atoms with Gasteiger partial charge in [0.15, 0.2) is 0 Å². The maximum Gasteiger partial charge on any atom is 0.237 e. The Bertz CT molecular complexity index is 633. The molecule has 0 aliphatic rings. The lowest BCUT2D eigenvalue weighted by Crippen LogP contribution is -2.22. The predicted octanol–water partition coefficient (Wildman–Crippen LogP) is 3.95. The number of thioether (sulfide) groups is 1.